The van der Waals surface area contributed by atoms with E-state index in [4.69, 9.17) is 23.7 Å². The molecule has 1 aromatic rings. The molecule has 240 valence electrons. The third kappa shape index (κ3) is 36.9. The molecule has 0 aliphatic rings. The molecule has 0 aliphatic carbocycles. The number of carbonyl (C=O) groups is 1. The number of ether oxygens (including phenoxy) is 5. The van der Waals surface area contributed by atoms with E-state index in [0.717, 1.165) is 62.9 Å². The van der Waals surface area contributed by atoms with Crippen LogP contribution in [0.15, 0.2) is 24.3 Å². The van der Waals surface area contributed by atoms with Crippen LogP contribution >= 0.6 is 23.0 Å². The smallest absolute Gasteiger partial charge is 0.341 e. The highest BCUT2D eigenvalue weighted by molar-refractivity contribution is 14.1. The minimum atomic E-state index is -0.444. The fourth-order valence-electron chi connectivity index (χ4n) is 2.32. The lowest BCUT2D eigenvalue weighted by Crippen LogP contribution is -2.33. The molecule has 0 atom stereocenters. The molecule has 40 heavy (non-hydrogen) atoms. The lowest BCUT2D eigenvalue weighted by Gasteiger charge is -2.23. The predicted molar refractivity (Wildman–Crippen MR) is 178 cm³/mol. The lowest BCUT2D eigenvalue weighted by atomic mass is 10.1. The molecular weight excluding hydrogens is 623 g/mol. The first-order valence-electron chi connectivity index (χ1n) is 15.0. The van der Waals surface area contributed by atoms with Crippen molar-refractivity contribution in [1.29, 1.82) is 0 Å². The average Bonchev–Trinajstić information content (AvgIpc) is 2.97. The van der Waals surface area contributed by atoms with Crippen LogP contribution in [0, 0.1) is 5.92 Å². The second-order valence-corrected chi connectivity index (χ2v) is 9.63. The normalized spacial score (nSPS) is 9.85. The minimum Gasteiger partial charge on any atom is -0.494 e. The maximum absolute atomic E-state index is 10.7. The molecule has 0 fully saturated rings. The standard InChI is InChI=1S/C14H22O2.C8H15IO4.C6H14O.2C2H6/c1-3-5-11-15-13-7-9-14(10-8-13)16-12-6-4-2;1-4-11-6-8(2,3)12-5-7(10)13-9;1-6(2)4-5-7-3;2*1-2/h7-10H,3-6,11-12H2,1-2H3;4-6H2,1-3H3;6H,4-5H2,1-3H3;2*1-2H3. The Morgan fingerprint density at radius 1 is 0.850 bits per heavy atom. The van der Waals surface area contributed by atoms with E-state index in [1.165, 1.54) is 29.4 Å². The summed E-state index contributed by atoms with van der Waals surface area (Å²) in [7, 11) is 1.74. The highest BCUT2D eigenvalue weighted by atomic mass is 127. The molecule has 0 amide bonds. The van der Waals surface area contributed by atoms with Crippen molar-refractivity contribution >= 4 is 29.0 Å². The second kappa shape index (κ2) is 35.9. The summed E-state index contributed by atoms with van der Waals surface area (Å²) in [6.45, 7) is 25.9. The molecule has 0 heterocycles. The molecular formula is C32H63IO7. The third-order valence-corrected chi connectivity index (χ3v) is 5.07. The van der Waals surface area contributed by atoms with Crippen molar-refractivity contribution in [3.05, 3.63) is 24.3 Å². The molecule has 8 heteroatoms. The number of hydrogen-bond acceptors (Lipinski definition) is 7. The number of unbranched alkanes of at least 4 members (excludes halogenated alkanes) is 2. The minimum absolute atomic E-state index is 0.0387. The van der Waals surface area contributed by atoms with Gasteiger partial charge in [-0.3, -0.25) is 0 Å². The van der Waals surface area contributed by atoms with Gasteiger partial charge < -0.3 is 26.8 Å². The summed E-state index contributed by atoms with van der Waals surface area (Å²) in [6, 6.07) is 7.88. The maximum Gasteiger partial charge on any atom is 0.341 e. The van der Waals surface area contributed by atoms with Gasteiger partial charge in [0.1, 0.15) is 18.1 Å². The highest BCUT2D eigenvalue weighted by Crippen LogP contribution is 2.18. The summed E-state index contributed by atoms with van der Waals surface area (Å²) < 4.78 is 30.9. The molecule has 0 spiro atoms. The number of rotatable bonds is 17. The van der Waals surface area contributed by atoms with E-state index >= 15 is 0 Å². The van der Waals surface area contributed by atoms with E-state index in [-0.39, 0.29) is 12.6 Å². The van der Waals surface area contributed by atoms with E-state index in [1.807, 2.05) is 72.7 Å². The zero-order chi connectivity index (χ0) is 31.7. The van der Waals surface area contributed by atoms with E-state index in [2.05, 4.69) is 30.8 Å². The summed E-state index contributed by atoms with van der Waals surface area (Å²) in [4.78, 5) is 10.7. The molecule has 7 nitrogen and oxygen atoms in total. The molecule has 1 rings (SSSR count). The third-order valence-electron chi connectivity index (χ3n) is 4.58. The van der Waals surface area contributed by atoms with Crippen LogP contribution in [0.3, 0.4) is 0 Å². The molecule has 0 N–H and O–H groups in total. The molecule has 0 aromatic heterocycles. The monoisotopic (exact) mass is 686 g/mol. The Hall–Kier alpha value is -1.10. The van der Waals surface area contributed by atoms with Crippen LogP contribution < -0.4 is 9.47 Å². The molecule has 0 unspecified atom stereocenters. The molecule has 0 radical (unpaired) electrons. The van der Waals surface area contributed by atoms with E-state index < -0.39 is 5.60 Å². The van der Waals surface area contributed by atoms with E-state index in [9.17, 15) is 4.79 Å². The van der Waals surface area contributed by atoms with Gasteiger partial charge in [-0.15, -0.1) is 0 Å². The Morgan fingerprint density at radius 2 is 1.30 bits per heavy atom. The van der Waals surface area contributed by atoms with Gasteiger partial charge in [-0.05, 0) is 70.2 Å². The number of hydrogen-bond donors (Lipinski definition) is 0. The Labute approximate surface area is 262 Å². The first-order valence-corrected chi connectivity index (χ1v) is 15.9. The number of methoxy groups -OCH3 is 1. The Kier molecular flexibility index (Phi) is 41.2. The number of benzene rings is 1. The Balaban J connectivity index is -0.000000242. The SMILES string of the molecule is CC.CC.CCCCOc1ccc(OCCCC)cc1.CCOCC(C)(C)OCC(=O)OI.COCCC(C)C. The van der Waals surface area contributed by atoms with Crippen LogP contribution in [0.1, 0.15) is 108 Å². The average molecular weight is 687 g/mol. The summed E-state index contributed by atoms with van der Waals surface area (Å²) in [5.74, 6) is 2.25. The van der Waals surface area contributed by atoms with E-state index in [1.54, 1.807) is 7.11 Å². The van der Waals surface area contributed by atoms with E-state index in [0.29, 0.717) is 13.2 Å². The lowest BCUT2D eigenvalue weighted by molar-refractivity contribution is -0.145. The van der Waals surface area contributed by atoms with Gasteiger partial charge in [0.05, 0.1) is 25.4 Å². The van der Waals surface area contributed by atoms with Gasteiger partial charge in [0.15, 0.2) is 23.0 Å². The van der Waals surface area contributed by atoms with Crippen LogP contribution in [0.4, 0.5) is 0 Å². The van der Waals surface area contributed by atoms with Crippen molar-refractivity contribution in [3.63, 3.8) is 0 Å². The summed E-state index contributed by atoms with van der Waals surface area (Å²) in [6.07, 6.45) is 5.72. The van der Waals surface area contributed by atoms with Gasteiger partial charge in [0.2, 0.25) is 0 Å². The van der Waals surface area contributed by atoms with Crippen molar-refractivity contribution in [1.82, 2.24) is 0 Å². The summed E-state index contributed by atoms with van der Waals surface area (Å²) in [5, 5.41) is 0. The summed E-state index contributed by atoms with van der Waals surface area (Å²) >= 11 is 1.53. The van der Waals surface area contributed by atoms with Crippen molar-refractivity contribution in [2.45, 2.75) is 114 Å². The molecule has 0 saturated heterocycles. The van der Waals surface area contributed by atoms with Gasteiger partial charge in [-0.2, -0.15) is 0 Å². The fourth-order valence-corrected chi connectivity index (χ4v) is 2.45. The topological polar surface area (TPSA) is 72.5 Å². The van der Waals surface area contributed by atoms with Crippen LogP contribution in [-0.2, 0) is 22.1 Å². The number of halogens is 1. The quantitative estimate of drug-likeness (QED) is 0.119. The summed E-state index contributed by atoms with van der Waals surface area (Å²) in [5.41, 5.74) is -0.444. The van der Waals surface area contributed by atoms with Gasteiger partial charge in [-0.25, -0.2) is 4.79 Å². The van der Waals surface area contributed by atoms with Crippen molar-refractivity contribution in [3.8, 4) is 11.5 Å². The molecule has 1 aromatic carbocycles. The first kappa shape index (κ1) is 45.9. The van der Waals surface area contributed by atoms with Gasteiger partial charge in [-0.1, -0.05) is 68.2 Å². The van der Waals surface area contributed by atoms with Crippen molar-refractivity contribution in [2.24, 2.45) is 5.92 Å². The van der Waals surface area contributed by atoms with Crippen LogP contribution in [-0.4, -0.2) is 58.3 Å². The highest BCUT2D eigenvalue weighted by Gasteiger charge is 2.20. The van der Waals surface area contributed by atoms with Crippen LogP contribution in [0.5, 0.6) is 11.5 Å². The van der Waals surface area contributed by atoms with Crippen molar-refractivity contribution < 1.29 is 31.5 Å². The van der Waals surface area contributed by atoms with Gasteiger partial charge >= 0.3 is 5.97 Å². The largest absolute Gasteiger partial charge is 0.494 e. The zero-order valence-corrected chi connectivity index (χ0v) is 30.1. The fraction of sp³-hybridized carbons (Fsp3) is 0.781. The second-order valence-electron chi connectivity index (χ2n) is 9.19. The van der Waals surface area contributed by atoms with Gasteiger partial charge in [0.25, 0.3) is 0 Å². The van der Waals surface area contributed by atoms with Crippen LogP contribution in [0.2, 0.25) is 0 Å². The molecule has 0 aliphatic heterocycles. The zero-order valence-electron chi connectivity index (χ0n) is 27.9. The molecule has 0 bridgehead atoms. The Morgan fingerprint density at radius 3 is 1.60 bits per heavy atom. The first-order chi connectivity index (χ1) is 19.1. The molecule has 0 saturated carbocycles. The van der Waals surface area contributed by atoms with Crippen LogP contribution in [0.25, 0.3) is 0 Å². The predicted octanol–water partition coefficient (Wildman–Crippen LogP) is 9.49. The maximum atomic E-state index is 10.7. The number of carbonyl (C=O) groups excluding carboxylic acids is 1. The Bertz CT molecular complexity index is 579. The van der Waals surface area contributed by atoms with Crippen molar-refractivity contribution in [2.75, 3.05) is 46.8 Å². The van der Waals surface area contributed by atoms with Gasteiger partial charge in [0, 0.05) is 20.3 Å².